The number of nitrogens with two attached hydrogens (primary N) is 1. The van der Waals surface area contributed by atoms with Crippen molar-refractivity contribution >= 4 is 0 Å². The standard InChI is InChI=1S/C12H26N2O/c1-4-15-9-12(3,8-13)14-7-10(2)11-5-6-11/h10-11,14H,4-9,13H2,1-3H3. The molecule has 1 aliphatic carbocycles. The van der Waals surface area contributed by atoms with Crippen LogP contribution in [-0.2, 0) is 4.74 Å². The van der Waals surface area contributed by atoms with E-state index < -0.39 is 0 Å². The molecular weight excluding hydrogens is 188 g/mol. The zero-order valence-electron chi connectivity index (χ0n) is 10.4. The maximum absolute atomic E-state index is 5.78. The van der Waals surface area contributed by atoms with Crippen molar-refractivity contribution in [2.24, 2.45) is 17.6 Å². The highest BCUT2D eigenvalue weighted by molar-refractivity contribution is 4.87. The van der Waals surface area contributed by atoms with Crippen molar-refractivity contribution in [2.75, 3.05) is 26.3 Å². The highest BCUT2D eigenvalue weighted by Crippen LogP contribution is 2.36. The van der Waals surface area contributed by atoms with Crippen molar-refractivity contribution in [2.45, 2.75) is 39.2 Å². The van der Waals surface area contributed by atoms with Crippen LogP contribution in [0.3, 0.4) is 0 Å². The van der Waals surface area contributed by atoms with Crippen molar-refractivity contribution in [1.29, 1.82) is 0 Å². The van der Waals surface area contributed by atoms with Gasteiger partial charge in [0.25, 0.3) is 0 Å². The Bertz CT molecular complexity index is 182. The molecule has 1 saturated carbocycles. The van der Waals surface area contributed by atoms with Gasteiger partial charge in [-0.3, -0.25) is 0 Å². The van der Waals surface area contributed by atoms with Crippen LogP contribution in [0.25, 0.3) is 0 Å². The maximum Gasteiger partial charge on any atom is 0.0657 e. The predicted molar refractivity (Wildman–Crippen MR) is 63.8 cm³/mol. The molecule has 2 unspecified atom stereocenters. The summed E-state index contributed by atoms with van der Waals surface area (Å²) in [6.07, 6.45) is 2.82. The first kappa shape index (κ1) is 12.9. The molecule has 15 heavy (non-hydrogen) atoms. The number of hydrogen-bond donors (Lipinski definition) is 2. The van der Waals surface area contributed by atoms with Crippen molar-refractivity contribution in [3.63, 3.8) is 0 Å². The minimum atomic E-state index is -0.0564. The lowest BCUT2D eigenvalue weighted by atomic mass is 10.0. The Kier molecular flexibility index (Phi) is 5.03. The fourth-order valence-electron chi connectivity index (χ4n) is 1.75. The second-order valence-corrected chi connectivity index (χ2v) is 5.10. The second-order valence-electron chi connectivity index (χ2n) is 5.10. The van der Waals surface area contributed by atoms with Crippen LogP contribution in [0.15, 0.2) is 0 Å². The molecule has 0 saturated heterocycles. The van der Waals surface area contributed by atoms with E-state index in [0.29, 0.717) is 13.2 Å². The first-order valence-corrected chi connectivity index (χ1v) is 6.14. The molecule has 0 heterocycles. The zero-order chi connectivity index (χ0) is 11.3. The molecule has 90 valence electrons. The van der Waals surface area contributed by atoms with Crippen LogP contribution in [0, 0.1) is 11.8 Å². The molecule has 0 bridgehead atoms. The molecule has 0 aromatic carbocycles. The van der Waals surface area contributed by atoms with E-state index in [-0.39, 0.29) is 5.54 Å². The first-order valence-electron chi connectivity index (χ1n) is 6.14. The average molecular weight is 214 g/mol. The van der Waals surface area contributed by atoms with Gasteiger partial charge < -0.3 is 15.8 Å². The fourth-order valence-corrected chi connectivity index (χ4v) is 1.75. The molecule has 1 rings (SSSR count). The zero-order valence-corrected chi connectivity index (χ0v) is 10.4. The lowest BCUT2D eigenvalue weighted by molar-refractivity contribution is 0.0852. The van der Waals surface area contributed by atoms with Crippen LogP contribution in [0.4, 0.5) is 0 Å². The van der Waals surface area contributed by atoms with Gasteiger partial charge in [-0.1, -0.05) is 6.92 Å². The quantitative estimate of drug-likeness (QED) is 0.641. The maximum atomic E-state index is 5.78. The number of hydrogen-bond acceptors (Lipinski definition) is 3. The van der Waals surface area contributed by atoms with E-state index in [1.54, 1.807) is 0 Å². The normalized spacial score (nSPS) is 22.4. The molecular formula is C12H26N2O. The number of rotatable bonds is 8. The summed E-state index contributed by atoms with van der Waals surface area (Å²) in [6.45, 7) is 9.64. The Labute approximate surface area is 93.8 Å². The molecule has 3 heteroatoms. The molecule has 2 atom stereocenters. The smallest absolute Gasteiger partial charge is 0.0657 e. The Balaban J connectivity index is 2.24. The molecule has 0 aromatic rings. The lowest BCUT2D eigenvalue weighted by Crippen LogP contribution is -2.53. The van der Waals surface area contributed by atoms with Crippen LogP contribution < -0.4 is 11.1 Å². The molecule has 0 amide bonds. The Morgan fingerprint density at radius 3 is 2.67 bits per heavy atom. The van der Waals surface area contributed by atoms with Crippen LogP contribution in [0.5, 0.6) is 0 Å². The summed E-state index contributed by atoms with van der Waals surface area (Å²) in [7, 11) is 0. The van der Waals surface area contributed by atoms with Crippen molar-refractivity contribution < 1.29 is 4.74 Å². The van der Waals surface area contributed by atoms with Crippen molar-refractivity contribution in [3.8, 4) is 0 Å². The third-order valence-corrected chi connectivity index (χ3v) is 3.35. The van der Waals surface area contributed by atoms with E-state index in [0.717, 1.165) is 25.0 Å². The van der Waals surface area contributed by atoms with Crippen LogP contribution in [0.2, 0.25) is 0 Å². The van der Waals surface area contributed by atoms with Gasteiger partial charge >= 0.3 is 0 Å². The van der Waals surface area contributed by atoms with Gasteiger partial charge in [0.2, 0.25) is 0 Å². The van der Waals surface area contributed by atoms with Gasteiger partial charge in [0, 0.05) is 13.2 Å². The van der Waals surface area contributed by atoms with Gasteiger partial charge in [-0.15, -0.1) is 0 Å². The largest absolute Gasteiger partial charge is 0.380 e. The minimum absolute atomic E-state index is 0.0564. The van der Waals surface area contributed by atoms with E-state index in [1.165, 1.54) is 12.8 Å². The van der Waals surface area contributed by atoms with E-state index in [1.807, 2.05) is 6.92 Å². The molecule has 3 N–H and O–H groups in total. The van der Waals surface area contributed by atoms with E-state index >= 15 is 0 Å². The molecule has 0 spiro atoms. The Hall–Kier alpha value is -0.120. The molecule has 1 aliphatic rings. The number of nitrogens with one attached hydrogen (secondary N) is 1. The summed E-state index contributed by atoms with van der Waals surface area (Å²) in [5.74, 6) is 1.73. The Morgan fingerprint density at radius 2 is 2.20 bits per heavy atom. The molecule has 0 aliphatic heterocycles. The fraction of sp³-hybridized carbons (Fsp3) is 1.00. The second kappa shape index (κ2) is 5.83. The van der Waals surface area contributed by atoms with Crippen LogP contribution in [-0.4, -0.2) is 31.8 Å². The van der Waals surface area contributed by atoms with Crippen LogP contribution >= 0.6 is 0 Å². The molecule has 0 radical (unpaired) electrons. The van der Waals surface area contributed by atoms with Gasteiger partial charge in [0.05, 0.1) is 12.1 Å². The van der Waals surface area contributed by atoms with Gasteiger partial charge in [0.15, 0.2) is 0 Å². The molecule has 3 nitrogen and oxygen atoms in total. The average Bonchev–Trinajstić information content (AvgIpc) is 3.07. The van der Waals surface area contributed by atoms with Crippen molar-refractivity contribution in [3.05, 3.63) is 0 Å². The third-order valence-electron chi connectivity index (χ3n) is 3.35. The topological polar surface area (TPSA) is 47.3 Å². The van der Waals surface area contributed by atoms with Crippen LogP contribution in [0.1, 0.15) is 33.6 Å². The van der Waals surface area contributed by atoms with Gasteiger partial charge in [-0.2, -0.15) is 0 Å². The highest BCUT2D eigenvalue weighted by atomic mass is 16.5. The highest BCUT2D eigenvalue weighted by Gasteiger charge is 2.30. The molecule has 0 aromatic heterocycles. The molecule has 1 fully saturated rings. The van der Waals surface area contributed by atoms with E-state index in [2.05, 4.69) is 19.2 Å². The van der Waals surface area contributed by atoms with E-state index in [9.17, 15) is 0 Å². The summed E-state index contributed by atoms with van der Waals surface area (Å²) in [4.78, 5) is 0. The van der Waals surface area contributed by atoms with Gasteiger partial charge in [-0.25, -0.2) is 0 Å². The van der Waals surface area contributed by atoms with Gasteiger partial charge in [0.1, 0.15) is 0 Å². The summed E-state index contributed by atoms with van der Waals surface area (Å²) in [5.41, 5.74) is 5.73. The van der Waals surface area contributed by atoms with E-state index in [4.69, 9.17) is 10.5 Å². The van der Waals surface area contributed by atoms with Gasteiger partial charge in [-0.05, 0) is 45.1 Å². The predicted octanol–water partition coefficient (Wildman–Crippen LogP) is 1.38. The Morgan fingerprint density at radius 1 is 1.53 bits per heavy atom. The summed E-state index contributed by atoms with van der Waals surface area (Å²) < 4.78 is 5.46. The third kappa shape index (κ3) is 4.49. The lowest BCUT2D eigenvalue weighted by Gasteiger charge is -2.30. The summed E-state index contributed by atoms with van der Waals surface area (Å²) in [5, 5.41) is 3.55. The minimum Gasteiger partial charge on any atom is -0.380 e. The van der Waals surface area contributed by atoms with Crippen molar-refractivity contribution in [1.82, 2.24) is 5.32 Å². The summed E-state index contributed by atoms with van der Waals surface area (Å²) in [6, 6.07) is 0. The number of ether oxygens (including phenoxy) is 1. The monoisotopic (exact) mass is 214 g/mol. The first-order chi connectivity index (χ1) is 7.11. The SMILES string of the molecule is CCOCC(C)(CN)NCC(C)C1CC1. The summed E-state index contributed by atoms with van der Waals surface area (Å²) >= 11 is 0.